The number of rotatable bonds is 0. The molecule has 0 aliphatic carbocycles. The summed E-state index contributed by atoms with van der Waals surface area (Å²) in [7, 11) is 0. The molecule has 2 heterocycles. The Kier molecular flexibility index (Phi) is 1.67. The van der Waals surface area contributed by atoms with Crippen LogP contribution in [0.2, 0.25) is 0 Å². The first kappa shape index (κ1) is 9.39. The fraction of sp³-hybridized carbons (Fsp3) is 0.333. The van der Waals surface area contributed by atoms with Gasteiger partial charge >= 0.3 is 11.9 Å². The minimum atomic E-state index is -0.900. The Labute approximate surface area is 92.8 Å². The lowest BCUT2D eigenvalue weighted by atomic mass is 9.91. The lowest BCUT2D eigenvalue weighted by molar-refractivity contribution is -0.154. The average molecular weight is 217 g/mol. The van der Waals surface area contributed by atoms with E-state index in [1.54, 1.807) is 6.92 Å². The fourth-order valence-electron chi connectivity index (χ4n) is 2.52. The second kappa shape index (κ2) is 2.84. The van der Waals surface area contributed by atoms with E-state index in [1.807, 2.05) is 24.3 Å². The molecule has 82 valence electrons. The first-order valence-electron chi connectivity index (χ1n) is 5.26. The monoisotopic (exact) mass is 217 g/mol. The molecule has 0 spiro atoms. The average Bonchev–Trinajstić information content (AvgIpc) is 2.51. The van der Waals surface area contributed by atoms with Gasteiger partial charge in [0.05, 0.1) is 0 Å². The lowest BCUT2D eigenvalue weighted by Crippen LogP contribution is -2.46. The minimum Gasteiger partial charge on any atom is -0.428 e. The van der Waals surface area contributed by atoms with Crippen LogP contribution in [0, 0.1) is 0 Å². The molecule has 4 heteroatoms. The van der Waals surface area contributed by atoms with Crippen LogP contribution >= 0.6 is 0 Å². The third-order valence-electron chi connectivity index (χ3n) is 3.35. The van der Waals surface area contributed by atoms with Crippen LogP contribution in [0.4, 0.5) is 0 Å². The van der Waals surface area contributed by atoms with Gasteiger partial charge in [-0.05, 0) is 18.9 Å². The molecule has 0 saturated carbocycles. The second-order valence-electron chi connectivity index (χ2n) is 4.24. The zero-order chi connectivity index (χ0) is 11.3. The molecule has 1 aromatic carbocycles. The highest BCUT2D eigenvalue weighted by Gasteiger charge is 2.53. The number of carbonyl (C=O) groups is 2. The zero-order valence-electron chi connectivity index (χ0n) is 8.90. The van der Waals surface area contributed by atoms with Crippen LogP contribution in [-0.4, -0.2) is 23.3 Å². The number of hydrogen-bond donors (Lipinski definition) is 0. The minimum absolute atomic E-state index is 0.531. The van der Waals surface area contributed by atoms with Gasteiger partial charge in [-0.2, -0.15) is 0 Å². The van der Waals surface area contributed by atoms with Crippen molar-refractivity contribution in [1.82, 2.24) is 4.90 Å². The van der Waals surface area contributed by atoms with E-state index < -0.39 is 17.6 Å². The molecule has 0 bridgehead atoms. The van der Waals surface area contributed by atoms with Crippen LogP contribution in [0.25, 0.3) is 0 Å². The quantitative estimate of drug-likeness (QED) is 0.477. The smallest absolute Gasteiger partial charge is 0.399 e. The van der Waals surface area contributed by atoms with Crippen LogP contribution in [0.3, 0.4) is 0 Å². The maximum Gasteiger partial charge on any atom is 0.399 e. The molecule has 0 N–H and O–H groups in total. The Bertz CT molecular complexity index is 497. The molecule has 4 nitrogen and oxygen atoms in total. The van der Waals surface area contributed by atoms with Crippen molar-refractivity contribution in [2.75, 3.05) is 6.54 Å². The third kappa shape index (κ3) is 0.988. The molecule has 1 atom stereocenters. The van der Waals surface area contributed by atoms with Crippen molar-refractivity contribution < 1.29 is 14.3 Å². The van der Waals surface area contributed by atoms with Gasteiger partial charge in [0.1, 0.15) is 0 Å². The summed E-state index contributed by atoms with van der Waals surface area (Å²) in [6, 6.07) is 7.77. The van der Waals surface area contributed by atoms with E-state index in [2.05, 4.69) is 0 Å². The normalized spacial score (nSPS) is 27.4. The summed E-state index contributed by atoms with van der Waals surface area (Å²) in [5.41, 5.74) is 1.16. The summed E-state index contributed by atoms with van der Waals surface area (Å²) in [4.78, 5) is 24.5. The summed E-state index contributed by atoms with van der Waals surface area (Å²) >= 11 is 0. The van der Waals surface area contributed by atoms with Gasteiger partial charge in [0.25, 0.3) is 0 Å². The summed E-state index contributed by atoms with van der Waals surface area (Å²) in [6.07, 6.45) is 0.772. The predicted octanol–water partition coefficient (Wildman–Crippen LogP) is 0.801. The van der Waals surface area contributed by atoms with Crippen molar-refractivity contribution in [3.05, 3.63) is 35.4 Å². The second-order valence-corrected chi connectivity index (χ2v) is 4.24. The lowest BCUT2D eigenvalue weighted by Gasteiger charge is -2.37. The molecule has 0 radical (unpaired) electrons. The van der Waals surface area contributed by atoms with Gasteiger partial charge in [0.2, 0.25) is 5.72 Å². The SMILES string of the molecule is CC12OC(=O)C(=O)N1CCc1ccccc12. The molecule has 1 fully saturated rings. The van der Waals surface area contributed by atoms with Crippen molar-refractivity contribution >= 4 is 11.9 Å². The highest BCUT2D eigenvalue weighted by atomic mass is 16.6. The van der Waals surface area contributed by atoms with Crippen molar-refractivity contribution in [1.29, 1.82) is 0 Å². The fourth-order valence-corrected chi connectivity index (χ4v) is 2.52. The number of benzene rings is 1. The van der Waals surface area contributed by atoms with E-state index in [0.717, 1.165) is 17.5 Å². The van der Waals surface area contributed by atoms with E-state index in [0.29, 0.717) is 6.54 Å². The largest absolute Gasteiger partial charge is 0.428 e. The highest BCUT2D eigenvalue weighted by molar-refractivity contribution is 6.34. The predicted molar refractivity (Wildman–Crippen MR) is 55.3 cm³/mol. The van der Waals surface area contributed by atoms with Crippen LogP contribution in [0.1, 0.15) is 18.1 Å². The number of hydrogen-bond acceptors (Lipinski definition) is 3. The third-order valence-corrected chi connectivity index (χ3v) is 3.35. The Morgan fingerprint density at radius 1 is 1.31 bits per heavy atom. The maximum absolute atomic E-state index is 11.6. The van der Waals surface area contributed by atoms with E-state index >= 15 is 0 Å². The number of esters is 1. The van der Waals surface area contributed by atoms with Crippen molar-refractivity contribution in [2.24, 2.45) is 0 Å². The van der Waals surface area contributed by atoms with Crippen LogP contribution in [-0.2, 0) is 26.5 Å². The molecule has 1 unspecified atom stereocenters. The van der Waals surface area contributed by atoms with E-state index in [4.69, 9.17) is 4.74 Å². The molecule has 16 heavy (non-hydrogen) atoms. The van der Waals surface area contributed by atoms with E-state index in [9.17, 15) is 9.59 Å². The molecule has 0 aromatic heterocycles. The molecule has 1 saturated heterocycles. The molecular formula is C12H11NO3. The number of amides is 1. The van der Waals surface area contributed by atoms with Crippen molar-refractivity contribution in [3.63, 3.8) is 0 Å². The van der Waals surface area contributed by atoms with Gasteiger partial charge in [-0.15, -0.1) is 0 Å². The Hall–Kier alpha value is -1.84. The Morgan fingerprint density at radius 2 is 2.06 bits per heavy atom. The van der Waals surface area contributed by atoms with Gasteiger partial charge < -0.3 is 4.74 Å². The zero-order valence-corrected chi connectivity index (χ0v) is 8.90. The standard InChI is InChI=1S/C12H11NO3/c1-12-9-5-3-2-4-8(9)6-7-13(12)10(14)11(15)16-12/h2-5H,6-7H2,1H3. The molecule has 1 amide bonds. The Balaban J connectivity index is 2.18. The van der Waals surface area contributed by atoms with Gasteiger partial charge in [0.15, 0.2) is 0 Å². The van der Waals surface area contributed by atoms with E-state index in [1.165, 1.54) is 4.90 Å². The molecule has 3 rings (SSSR count). The van der Waals surface area contributed by atoms with Crippen molar-refractivity contribution in [2.45, 2.75) is 19.1 Å². The van der Waals surface area contributed by atoms with Gasteiger partial charge in [-0.25, -0.2) is 4.79 Å². The van der Waals surface area contributed by atoms with Gasteiger partial charge in [0, 0.05) is 12.1 Å². The van der Waals surface area contributed by atoms with Crippen molar-refractivity contribution in [3.8, 4) is 0 Å². The topological polar surface area (TPSA) is 46.6 Å². The summed E-state index contributed by atoms with van der Waals surface area (Å²) in [5.74, 6) is -1.28. The van der Waals surface area contributed by atoms with Crippen LogP contribution in [0.5, 0.6) is 0 Å². The van der Waals surface area contributed by atoms with Crippen LogP contribution < -0.4 is 0 Å². The maximum atomic E-state index is 11.6. The number of nitrogens with zero attached hydrogens (tertiary/aromatic N) is 1. The molecule has 2 aliphatic rings. The van der Waals surface area contributed by atoms with E-state index in [-0.39, 0.29) is 0 Å². The van der Waals surface area contributed by atoms with Crippen LogP contribution in [0.15, 0.2) is 24.3 Å². The first-order valence-corrected chi connectivity index (χ1v) is 5.26. The van der Waals surface area contributed by atoms with Gasteiger partial charge in [-0.3, -0.25) is 9.69 Å². The highest BCUT2D eigenvalue weighted by Crippen LogP contribution is 2.40. The first-order chi connectivity index (χ1) is 7.63. The molecule has 1 aromatic rings. The van der Waals surface area contributed by atoms with Gasteiger partial charge in [-0.1, -0.05) is 24.3 Å². The summed E-state index contributed by atoms with van der Waals surface area (Å²) < 4.78 is 5.23. The number of fused-ring (bicyclic) bond motifs is 3. The Morgan fingerprint density at radius 3 is 2.88 bits per heavy atom. The summed E-state index contributed by atoms with van der Waals surface area (Å²) in [5, 5.41) is 0. The molecule has 2 aliphatic heterocycles. The molecular weight excluding hydrogens is 206 g/mol. The number of ether oxygens (including phenoxy) is 1. The number of carbonyl (C=O) groups excluding carboxylic acids is 2. The summed E-state index contributed by atoms with van der Waals surface area (Å²) in [6.45, 7) is 2.31.